The van der Waals surface area contributed by atoms with E-state index < -0.39 is 5.79 Å². The van der Waals surface area contributed by atoms with Gasteiger partial charge in [0.05, 0.1) is 0 Å². The van der Waals surface area contributed by atoms with Gasteiger partial charge < -0.3 is 9.47 Å². The first-order chi connectivity index (χ1) is 7.49. The van der Waals surface area contributed by atoms with Gasteiger partial charge in [-0.2, -0.15) is 0 Å². The second-order valence-electron chi connectivity index (χ2n) is 4.06. The molecule has 0 bridgehead atoms. The van der Waals surface area contributed by atoms with Crippen molar-refractivity contribution in [3.05, 3.63) is 35.8 Å². The second-order valence-corrected chi connectivity index (χ2v) is 4.06. The molecule has 0 radical (unpaired) electrons. The summed E-state index contributed by atoms with van der Waals surface area (Å²) < 4.78 is 10.7. The van der Waals surface area contributed by atoms with Gasteiger partial charge in [0, 0.05) is 31.8 Å². The van der Waals surface area contributed by atoms with Crippen molar-refractivity contribution in [1.82, 2.24) is 4.98 Å². The van der Waals surface area contributed by atoms with Crippen molar-refractivity contribution in [2.45, 2.75) is 26.6 Å². The summed E-state index contributed by atoms with van der Waals surface area (Å²) in [5, 5.41) is 0. The van der Waals surface area contributed by atoms with Crippen LogP contribution in [0.1, 0.15) is 26.3 Å². The number of carbonyl (C=O) groups excluding carboxylic acids is 1. The zero-order chi connectivity index (χ0) is 11.8. The Balaban J connectivity index is 2.45. The fraction of sp³-hybridized carbons (Fsp3) is 0.333. The minimum absolute atomic E-state index is 0.373. The summed E-state index contributed by atoms with van der Waals surface area (Å²) in [6.45, 7) is 5.16. The maximum Gasteiger partial charge on any atom is 0.345 e. The molecule has 0 saturated carbocycles. The normalized spacial score (nSPS) is 19.1. The van der Waals surface area contributed by atoms with E-state index in [9.17, 15) is 4.79 Å². The molecule has 0 spiro atoms. The van der Waals surface area contributed by atoms with Crippen LogP contribution in [-0.2, 0) is 14.3 Å². The van der Waals surface area contributed by atoms with Crippen molar-refractivity contribution in [3.8, 4) is 0 Å². The summed E-state index contributed by atoms with van der Waals surface area (Å²) in [5.74, 6) is -0.705. The van der Waals surface area contributed by atoms with Crippen molar-refractivity contribution < 1.29 is 14.3 Å². The number of ether oxygens (including phenoxy) is 2. The molecule has 1 aliphatic rings. The van der Waals surface area contributed by atoms with E-state index in [1.807, 2.05) is 0 Å². The molecule has 0 atom stereocenters. The van der Waals surface area contributed by atoms with Crippen LogP contribution in [-0.4, -0.2) is 16.7 Å². The molecule has 1 aromatic rings. The molecular formula is C12H13NO3. The molecule has 0 aromatic carbocycles. The minimum Gasteiger partial charge on any atom is -0.457 e. The molecule has 2 heterocycles. The van der Waals surface area contributed by atoms with Gasteiger partial charge in [0.15, 0.2) is 0 Å². The molecule has 0 fully saturated rings. The summed E-state index contributed by atoms with van der Waals surface area (Å²) in [6.07, 6.45) is 3.26. The van der Waals surface area contributed by atoms with E-state index in [4.69, 9.17) is 9.47 Å². The molecule has 16 heavy (non-hydrogen) atoms. The molecule has 0 unspecified atom stereocenters. The van der Waals surface area contributed by atoms with Gasteiger partial charge in [-0.05, 0) is 13.0 Å². The predicted molar refractivity (Wildman–Crippen MR) is 58.1 cm³/mol. The molecule has 0 N–H and O–H groups in total. The summed E-state index contributed by atoms with van der Waals surface area (Å²) in [7, 11) is 0. The third-order valence-corrected chi connectivity index (χ3v) is 2.24. The Kier molecular flexibility index (Phi) is 2.42. The van der Waals surface area contributed by atoms with E-state index in [1.54, 1.807) is 45.3 Å². The van der Waals surface area contributed by atoms with Gasteiger partial charge in [-0.15, -0.1) is 0 Å². The van der Waals surface area contributed by atoms with Crippen molar-refractivity contribution in [3.63, 3.8) is 0 Å². The van der Waals surface area contributed by atoms with Crippen LogP contribution in [0.3, 0.4) is 0 Å². The van der Waals surface area contributed by atoms with Gasteiger partial charge in [-0.25, -0.2) is 4.79 Å². The monoisotopic (exact) mass is 219 g/mol. The standard InChI is InChI=1S/C12H13NO3/c1-8-10(9-5-4-6-13-7-9)11(14)16-12(2,3)15-8/h4-7H,1-3H3. The van der Waals surface area contributed by atoms with Crippen molar-refractivity contribution in [1.29, 1.82) is 0 Å². The Morgan fingerprint density at radius 1 is 1.31 bits per heavy atom. The van der Waals surface area contributed by atoms with Crippen LogP contribution in [0.5, 0.6) is 0 Å². The third-order valence-electron chi connectivity index (χ3n) is 2.24. The Bertz CT molecular complexity index is 449. The van der Waals surface area contributed by atoms with Gasteiger partial charge >= 0.3 is 5.97 Å². The fourth-order valence-electron chi connectivity index (χ4n) is 1.69. The quantitative estimate of drug-likeness (QED) is 0.679. The average molecular weight is 219 g/mol. The predicted octanol–water partition coefficient (Wildman–Crippen LogP) is 2.12. The van der Waals surface area contributed by atoms with Crippen LogP contribution in [0.25, 0.3) is 5.57 Å². The topological polar surface area (TPSA) is 48.4 Å². The number of hydrogen-bond donors (Lipinski definition) is 0. The SMILES string of the molecule is CC1=C(c2cccnc2)C(=O)OC(C)(C)O1. The molecule has 4 heteroatoms. The minimum atomic E-state index is -0.896. The molecule has 4 nitrogen and oxygen atoms in total. The molecular weight excluding hydrogens is 206 g/mol. The summed E-state index contributed by atoms with van der Waals surface area (Å²) >= 11 is 0. The number of carbonyl (C=O) groups is 1. The van der Waals surface area contributed by atoms with Gasteiger partial charge in [0.2, 0.25) is 5.79 Å². The van der Waals surface area contributed by atoms with E-state index in [-0.39, 0.29) is 5.97 Å². The largest absolute Gasteiger partial charge is 0.457 e. The highest BCUT2D eigenvalue weighted by atomic mass is 16.7. The van der Waals surface area contributed by atoms with Crippen molar-refractivity contribution >= 4 is 11.5 Å². The molecule has 0 aliphatic carbocycles. The fourth-order valence-corrected chi connectivity index (χ4v) is 1.69. The Morgan fingerprint density at radius 3 is 2.62 bits per heavy atom. The first-order valence-electron chi connectivity index (χ1n) is 5.03. The molecule has 1 aliphatic heterocycles. The molecule has 0 saturated heterocycles. The smallest absolute Gasteiger partial charge is 0.345 e. The van der Waals surface area contributed by atoms with Crippen molar-refractivity contribution in [2.75, 3.05) is 0 Å². The van der Waals surface area contributed by atoms with Gasteiger partial charge in [-0.3, -0.25) is 4.98 Å². The van der Waals surface area contributed by atoms with Gasteiger partial charge in [0.1, 0.15) is 11.3 Å². The van der Waals surface area contributed by atoms with Crippen LogP contribution >= 0.6 is 0 Å². The van der Waals surface area contributed by atoms with Crippen LogP contribution in [0.15, 0.2) is 30.3 Å². The number of esters is 1. The van der Waals surface area contributed by atoms with Gasteiger partial charge in [0.25, 0.3) is 0 Å². The third kappa shape index (κ3) is 1.91. The van der Waals surface area contributed by atoms with E-state index in [2.05, 4.69) is 4.98 Å². The number of hydrogen-bond acceptors (Lipinski definition) is 4. The number of pyridine rings is 1. The van der Waals surface area contributed by atoms with E-state index in [1.165, 1.54) is 0 Å². The lowest BCUT2D eigenvalue weighted by Gasteiger charge is -2.32. The van der Waals surface area contributed by atoms with Crippen LogP contribution < -0.4 is 0 Å². The number of nitrogens with zero attached hydrogens (tertiary/aromatic N) is 1. The maximum atomic E-state index is 11.8. The highest BCUT2D eigenvalue weighted by Crippen LogP contribution is 2.31. The highest BCUT2D eigenvalue weighted by Gasteiger charge is 2.34. The summed E-state index contributed by atoms with van der Waals surface area (Å²) in [6, 6.07) is 3.57. The first kappa shape index (κ1) is 10.7. The van der Waals surface area contributed by atoms with E-state index in [0.717, 1.165) is 0 Å². The highest BCUT2D eigenvalue weighted by molar-refractivity contribution is 6.17. The van der Waals surface area contributed by atoms with Crippen LogP contribution in [0.2, 0.25) is 0 Å². The summed E-state index contributed by atoms with van der Waals surface area (Å²) in [4.78, 5) is 15.8. The Labute approximate surface area is 93.9 Å². The second kappa shape index (κ2) is 3.63. The summed E-state index contributed by atoms with van der Waals surface area (Å²) in [5.41, 5.74) is 1.15. The van der Waals surface area contributed by atoms with E-state index in [0.29, 0.717) is 16.9 Å². The molecule has 84 valence electrons. The Morgan fingerprint density at radius 2 is 2.06 bits per heavy atom. The van der Waals surface area contributed by atoms with Crippen LogP contribution in [0, 0.1) is 0 Å². The molecule has 1 aromatic heterocycles. The maximum absolute atomic E-state index is 11.8. The zero-order valence-corrected chi connectivity index (χ0v) is 9.48. The zero-order valence-electron chi connectivity index (χ0n) is 9.48. The first-order valence-corrected chi connectivity index (χ1v) is 5.03. The van der Waals surface area contributed by atoms with Gasteiger partial charge in [-0.1, -0.05) is 6.07 Å². The van der Waals surface area contributed by atoms with Crippen molar-refractivity contribution in [2.24, 2.45) is 0 Å². The molecule has 2 rings (SSSR count). The van der Waals surface area contributed by atoms with E-state index >= 15 is 0 Å². The number of aromatic nitrogens is 1. The molecule has 0 amide bonds. The lowest BCUT2D eigenvalue weighted by Crippen LogP contribution is -2.35. The number of allylic oxidation sites excluding steroid dienone is 1. The Hall–Kier alpha value is -1.84. The number of cyclic esters (lactones) is 1. The van der Waals surface area contributed by atoms with Crippen LogP contribution in [0.4, 0.5) is 0 Å². The average Bonchev–Trinajstić information content (AvgIpc) is 2.16. The lowest BCUT2D eigenvalue weighted by molar-refractivity contribution is -0.202. The lowest BCUT2D eigenvalue weighted by atomic mass is 10.1. The number of rotatable bonds is 1.